The van der Waals surface area contributed by atoms with Crippen molar-refractivity contribution in [1.82, 2.24) is 14.7 Å². The third kappa shape index (κ3) is 4.09. The Bertz CT molecular complexity index is 646. The third-order valence-corrected chi connectivity index (χ3v) is 4.90. The van der Waals surface area contributed by atoms with Gasteiger partial charge in [0.2, 0.25) is 5.91 Å². The second-order valence-electron chi connectivity index (χ2n) is 6.16. The molecule has 1 aliphatic carbocycles. The zero-order valence-corrected chi connectivity index (χ0v) is 14.3. The van der Waals surface area contributed by atoms with Crippen LogP contribution in [0.1, 0.15) is 50.6 Å². The summed E-state index contributed by atoms with van der Waals surface area (Å²) < 4.78 is 2.98. The van der Waals surface area contributed by atoms with E-state index in [-0.39, 0.29) is 5.91 Å². The largest absolute Gasteiger partial charge is 0.350 e. The molecule has 0 spiro atoms. The van der Waals surface area contributed by atoms with Gasteiger partial charge in [-0.25, -0.2) is 4.98 Å². The van der Waals surface area contributed by atoms with Crippen molar-refractivity contribution in [3.63, 3.8) is 0 Å². The highest BCUT2D eigenvalue weighted by Gasteiger charge is 2.14. The number of hydrogen-bond acceptors (Lipinski definition) is 2. The van der Waals surface area contributed by atoms with Gasteiger partial charge in [0.1, 0.15) is 5.65 Å². The van der Waals surface area contributed by atoms with Crippen molar-refractivity contribution in [3.05, 3.63) is 34.7 Å². The standard InChI is InChI=1S/C17H22BrN3O/c18-14-7-8-16-20-15(12-21(16)11-14)10-19-17(22)9-6-13-4-2-1-3-5-13/h7-8,11-13H,1-6,9-10H2,(H,19,22). The SMILES string of the molecule is O=C(CCC1CCCCC1)NCc1cn2cc(Br)ccc2n1. The summed E-state index contributed by atoms with van der Waals surface area (Å²) in [4.78, 5) is 16.5. The van der Waals surface area contributed by atoms with E-state index in [1.165, 1.54) is 32.1 Å². The van der Waals surface area contributed by atoms with E-state index in [0.717, 1.165) is 28.2 Å². The Morgan fingerprint density at radius 3 is 2.91 bits per heavy atom. The molecule has 4 nitrogen and oxygen atoms in total. The van der Waals surface area contributed by atoms with E-state index in [1.807, 2.05) is 28.9 Å². The molecule has 2 aromatic rings. The quantitative estimate of drug-likeness (QED) is 0.869. The Labute approximate surface area is 139 Å². The molecule has 1 aliphatic rings. The van der Waals surface area contributed by atoms with Crippen LogP contribution in [0.2, 0.25) is 0 Å². The van der Waals surface area contributed by atoms with Crippen LogP contribution in [0.5, 0.6) is 0 Å². The smallest absolute Gasteiger partial charge is 0.220 e. The molecule has 2 aromatic heterocycles. The number of nitrogens with zero attached hydrogens (tertiary/aromatic N) is 2. The molecule has 1 amide bonds. The van der Waals surface area contributed by atoms with E-state index >= 15 is 0 Å². The molecular formula is C17H22BrN3O. The highest BCUT2D eigenvalue weighted by atomic mass is 79.9. The molecule has 5 heteroatoms. The monoisotopic (exact) mass is 363 g/mol. The van der Waals surface area contributed by atoms with Gasteiger partial charge in [0.15, 0.2) is 0 Å². The first-order chi connectivity index (χ1) is 10.7. The minimum Gasteiger partial charge on any atom is -0.350 e. The van der Waals surface area contributed by atoms with Gasteiger partial charge in [0, 0.05) is 23.3 Å². The van der Waals surface area contributed by atoms with Gasteiger partial charge in [-0.05, 0) is 40.4 Å². The van der Waals surface area contributed by atoms with Crippen LogP contribution in [0.25, 0.3) is 5.65 Å². The van der Waals surface area contributed by atoms with Gasteiger partial charge in [-0.1, -0.05) is 32.1 Å². The van der Waals surface area contributed by atoms with Crippen LogP contribution in [0.4, 0.5) is 0 Å². The predicted octanol–water partition coefficient (Wildman–Crippen LogP) is 4.07. The van der Waals surface area contributed by atoms with E-state index in [1.54, 1.807) is 0 Å². The second-order valence-corrected chi connectivity index (χ2v) is 7.08. The van der Waals surface area contributed by atoms with Gasteiger partial charge in [0.25, 0.3) is 0 Å². The Balaban J connectivity index is 1.47. The van der Waals surface area contributed by atoms with E-state index in [0.29, 0.717) is 13.0 Å². The molecule has 3 rings (SSSR count). The number of hydrogen-bond donors (Lipinski definition) is 1. The fourth-order valence-corrected chi connectivity index (χ4v) is 3.54. The van der Waals surface area contributed by atoms with Gasteiger partial charge in [0.05, 0.1) is 12.2 Å². The van der Waals surface area contributed by atoms with E-state index < -0.39 is 0 Å². The van der Waals surface area contributed by atoms with Crippen molar-refractivity contribution >= 4 is 27.5 Å². The summed E-state index contributed by atoms with van der Waals surface area (Å²) >= 11 is 3.44. The summed E-state index contributed by atoms with van der Waals surface area (Å²) in [5.41, 5.74) is 1.79. The summed E-state index contributed by atoms with van der Waals surface area (Å²) in [5.74, 6) is 0.899. The zero-order chi connectivity index (χ0) is 15.4. The molecule has 0 aromatic carbocycles. The van der Waals surface area contributed by atoms with Crippen LogP contribution >= 0.6 is 15.9 Å². The molecule has 1 fully saturated rings. The predicted molar refractivity (Wildman–Crippen MR) is 90.5 cm³/mol. The maximum atomic E-state index is 12.0. The van der Waals surface area contributed by atoms with Crippen LogP contribution in [0.15, 0.2) is 29.0 Å². The lowest BCUT2D eigenvalue weighted by molar-refractivity contribution is -0.121. The lowest BCUT2D eigenvalue weighted by Crippen LogP contribution is -2.23. The highest BCUT2D eigenvalue weighted by Crippen LogP contribution is 2.27. The first-order valence-corrected chi connectivity index (χ1v) is 8.90. The van der Waals surface area contributed by atoms with Crippen molar-refractivity contribution in [2.45, 2.75) is 51.5 Å². The van der Waals surface area contributed by atoms with Crippen molar-refractivity contribution in [2.24, 2.45) is 5.92 Å². The molecule has 0 bridgehead atoms. The molecule has 0 unspecified atom stereocenters. The van der Waals surface area contributed by atoms with Crippen molar-refractivity contribution in [2.75, 3.05) is 0 Å². The number of aromatic nitrogens is 2. The van der Waals surface area contributed by atoms with Crippen LogP contribution in [-0.4, -0.2) is 15.3 Å². The van der Waals surface area contributed by atoms with E-state index in [4.69, 9.17) is 0 Å². The van der Waals surface area contributed by atoms with Crippen LogP contribution in [0, 0.1) is 5.92 Å². The van der Waals surface area contributed by atoms with Gasteiger partial charge in [-0.15, -0.1) is 0 Å². The number of halogens is 1. The average Bonchev–Trinajstić information content (AvgIpc) is 2.94. The molecular weight excluding hydrogens is 342 g/mol. The maximum Gasteiger partial charge on any atom is 0.220 e. The molecule has 1 N–H and O–H groups in total. The van der Waals surface area contributed by atoms with Crippen LogP contribution < -0.4 is 5.32 Å². The topological polar surface area (TPSA) is 46.4 Å². The summed E-state index contributed by atoms with van der Waals surface area (Å²) in [6.45, 7) is 0.503. The Kier molecular flexibility index (Phi) is 5.13. The second kappa shape index (κ2) is 7.27. The minimum absolute atomic E-state index is 0.142. The lowest BCUT2D eigenvalue weighted by atomic mass is 9.86. The summed E-state index contributed by atoms with van der Waals surface area (Å²) in [7, 11) is 0. The van der Waals surface area contributed by atoms with Gasteiger partial charge in [-0.3, -0.25) is 4.79 Å². The molecule has 0 aliphatic heterocycles. The Morgan fingerprint density at radius 1 is 1.27 bits per heavy atom. The number of fused-ring (bicyclic) bond motifs is 1. The first-order valence-electron chi connectivity index (χ1n) is 8.10. The van der Waals surface area contributed by atoms with Crippen LogP contribution in [0.3, 0.4) is 0 Å². The normalized spacial score (nSPS) is 16.0. The number of amides is 1. The fourth-order valence-electron chi connectivity index (χ4n) is 3.19. The average molecular weight is 364 g/mol. The number of nitrogens with one attached hydrogen (secondary N) is 1. The van der Waals surface area contributed by atoms with Crippen molar-refractivity contribution < 1.29 is 4.79 Å². The minimum atomic E-state index is 0.142. The maximum absolute atomic E-state index is 12.0. The lowest BCUT2D eigenvalue weighted by Gasteiger charge is -2.20. The molecule has 0 saturated heterocycles. The summed E-state index contributed by atoms with van der Waals surface area (Å²) in [5, 5.41) is 2.99. The van der Waals surface area contributed by atoms with Gasteiger partial charge in [-0.2, -0.15) is 0 Å². The first kappa shape index (κ1) is 15.5. The van der Waals surface area contributed by atoms with Gasteiger partial charge >= 0.3 is 0 Å². The van der Waals surface area contributed by atoms with E-state index in [2.05, 4.69) is 26.2 Å². The number of imidazole rings is 1. The summed E-state index contributed by atoms with van der Waals surface area (Å²) in [6, 6.07) is 3.92. The van der Waals surface area contributed by atoms with Crippen molar-refractivity contribution in [1.29, 1.82) is 0 Å². The highest BCUT2D eigenvalue weighted by molar-refractivity contribution is 9.10. The number of carbonyl (C=O) groups is 1. The molecule has 2 heterocycles. The number of pyridine rings is 1. The Hall–Kier alpha value is -1.36. The fraction of sp³-hybridized carbons (Fsp3) is 0.529. The van der Waals surface area contributed by atoms with Crippen LogP contribution in [-0.2, 0) is 11.3 Å². The molecule has 1 saturated carbocycles. The summed E-state index contributed by atoms with van der Waals surface area (Å²) in [6.07, 6.45) is 12.2. The van der Waals surface area contributed by atoms with E-state index in [9.17, 15) is 4.79 Å². The molecule has 22 heavy (non-hydrogen) atoms. The number of carbonyl (C=O) groups excluding carboxylic acids is 1. The molecule has 118 valence electrons. The third-order valence-electron chi connectivity index (χ3n) is 4.44. The number of rotatable bonds is 5. The Morgan fingerprint density at radius 2 is 2.09 bits per heavy atom. The van der Waals surface area contributed by atoms with Crippen molar-refractivity contribution in [3.8, 4) is 0 Å². The van der Waals surface area contributed by atoms with Gasteiger partial charge < -0.3 is 9.72 Å². The molecule has 0 radical (unpaired) electrons. The molecule has 0 atom stereocenters. The zero-order valence-electron chi connectivity index (χ0n) is 12.7.